The number of aryl methyl sites for hydroxylation is 3. The second-order valence-electron chi connectivity index (χ2n) is 14.8. The second-order valence-corrected chi connectivity index (χ2v) is 17.7. The Morgan fingerprint density at radius 2 is 1.55 bits per heavy atom. The van der Waals surface area contributed by atoms with E-state index in [9.17, 15) is 14.4 Å². The molecular weight excluding hydrogens is 790 g/mol. The van der Waals surface area contributed by atoms with E-state index in [1.54, 1.807) is 29.5 Å². The Labute approximate surface area is 354 Å². The molecule has 58 heavy (non-hydrogen) atoms. The Hall–Kier alpha value is -4.63. The predicted octanol–water partition coefficient (Wildman–Crippen LogP) is 8.49. The largest absolute Gasteiger partial charge is 0.355 e. The number of fused-ring (bicyclic) bond motifs is 3. The van der Waals surface area contributed by atoms with Crippen LogP contribution in [0.2, 0.25) is 5.02 Å². The highest BCUT2D eigenvalue weighted by atomic mass is 35.5. The van der Waals surface area contributed by atoms with E-state index in [1.165, 1.54) is 21.8 Å². The highest BCUT2D eigenvalue weighted by Gasteiger charge is 2.39. The van der Waals surface area contributed by atoms with Crippen molar-refractivity contribution in [3.8, 4) is 0 Å². The molecule has 308 valence electrons. The van der Waals surface area contributed by atoms with Crippen molar-refractivity contribution in [1.82, 2.24) is 21.0 Å². The fourth-order valence-corrected chi connectivity index (χ4v) is 9.24. The van der Waals surface area contributed by atoms with Gasteiger partial charge in [0.1, 0.15) is 17.2 Å². The molecule has 2 aromatic heterocycles. The van der Waals surface area contributed by atoms with Crippen LogP contribution in [-0.4, -0.2) is 66.1 Å². The lowest BCUT2D eigenvalue weighted by molar-refractivity contribution is -0.121. The van der Waals surface area contributed by atoms with Gasteiger partial charge in [-0.3, -0.25) is 35.0 Å². The van der Waals surface area contributed by atoms with Gasteiger partial charge in [-0.25, -0.2) is 4.98 Å². The average Bonchev–Trinajstić information content (AvgIpc) is 3.80. The minimum Gasteiger partial charge on any atom is -0.355 e. The van der Waals surface area contributed by atoms with Crippen molar-refractivity contribution in [3.05, 3.63) is 91.3 Å². The van der Waals surface area contributed by atoms with Crippen LogP contribution in [0.25, 0.3) is 0 Å². The lowest BCUT2D eigenvalue weighted by Gasteiger charge is -2.24. The first kappa shape index (κ1) is 43.0. The van der Waals surface area contributed by atoms with Crippen LogP contribution in [0.15, 0.2) is 58.6 Å². The number of hydrogen-bond donors (Lipinski definition) is 5. The van der Waals surface area contributed by atoms with Crippen LogP contribution in [0.3, 0.4) is 0 Å². The topological polar surface area (TPSA) is 152 Å². The van der Waals surface area contributed by atoms with Gasteiger partial charge < -0.3 is 16.0 Å². The molecule has 2 aliphatic rings. The third-order valence-electron chi connectivity index (χ3n) is 10.5. The fraction of sp³-hybridized carbons (Fsp3) is 0.442. The van der Waals surface area contributed by atoms with Crippen LogP contribution in [0, 0.1) is 27.7 Å². The molecule has 0 radical (unpaired) electrons. The summed E-state index contributed by atoms with van der Waals surface area (Å²) < 4.78 is 0. The van der Waals surface area contributed by atoms with Gasteiger partial charge in [-0.05, 0) is 83.8 Å². The summed E-state index contributed by atoms with van der Waals surface area (Å²) in [5.41, 5.74) is 9.11. The number of anilines is 3. The molecule has 5 N–H and O–H groups in total. The number of thiazole rings is 1. The SMILES string of the molecule is Cc1nc(NC(=O)c2ccccc2NC(=O)CCCCCCCCCNCCNC(=O)C[C@@H]2N=C(c3ccc(Cl)cc3)c3c(sc(C)c3C)N3C2=NNC3C)sc1C. The molecular formula is C43H54ClN9O3S2. The van der Waals surface area contributed by atoms with Gasteiger partial charge in [0.25, 0.3) is 5.91 Å². The highest BCUT2D eigenvalue weighted by molar-refractivity contribution is 7.17. The maximum absolute atomic E-state index is 13.3. The summed E-state index contributed by atoms with van der Waals surface area (Å²) in [4.78, 5) is 52.9. The number of benzene rings is 2. The molecule has 0 saturated heterocycles. The van der Waals surface area contributed by atoms with Crippen LogP contribution in [0.5, 0.6) is 0 Å². The number of amidine groups is 1. The number of amides is 3. The highest BCUT2D eigenvalue weighted by Crippen LogP contribution is 2.41. The monoisotopic (exact) mass is 843 g/mol. The summed E-state index contributed by atoms with van der Waals surface area (Å²) >= 11 is 9.40. The number of thiophene rings is 1. The molecule has 4 heterocycles. The van der Waals surface area contributed by atoms with Gasteiger partial charge in [-0.1, -0.05) is 68.0 Å². The van der Waals surface area contributed by atoms with Crippen LogP contribution in [0.1, 0.15) is 107 Å². The summed E-state index contributed by atoms with van der Waals surface area (Å²) in [6, 6.07) is 14.3. The van der Waals surface area contributed by atoms with Gasteiger partial charge in [0.05, 0.1) is 29.1 Å². The Kier molecular flexibility index (Phi) is 15.1. The van der Waals surface area contributed by atoms with Gasteiger partial charge in [0.2, 0.25) is 11.8 Å². The predicted molar refractivity (Wildman–Crippen MR) is 239 cm³/mol. The Bertz CT molecular complexity index is 2130. The van der Waals surface area contributed by atoms with E-state index in [0.717, 1.165) is 89.7 Å². The number of para-hydroxylation sites is 1. The van der Waals surface area contributed by atoms with Crippen molar-refractivity contribution in [3.63, 3.8) is 0 Å². The third-order valence-corrected chi connectivity index (χ3v) is 12.9. The van der Waals surface area contributed by atoms with Crippen molar-refractivity contribution in [2.45, 2.75) is 105 Å². The smallest absolute Gasteiger partial charge is 0.259 e. The number of hydrogen-bond acceptors (Lipinski definition) is 11. The quantitative estimate of drug-likeness (QED) is 0.0594. The van der Waals surface area contributed by atoms with Gasteiger partial charge in [0, 0.05) is 45.4 Å². The van der Waals surface area contributed by atoms with E-state index in [0.29, 0.717) is 40.9 Å². The van der Waals surface area contributed by atoms with E-state index in [1.807, 2.05) is 44.2 Å². The number of unbranched alkanes of at least 4 members (excludes halogenated alkanes) is 6. The maximum Gasteiger partial charge on any atom is 0.259 e. The molecule has 0 saturated carbocycles. The standard InChI is InChI=1S/C43H54ClN9O3S2/c1-26-28(3)57-42-38(26)39(31-18-20-32(44)21-19-31)49-35(40-52-51-30(5)53(40)42)25-37(55)46-24-23-45-22-14-10-8-6-7-9-11-17-36(54)48-34-16-13-12-15-33(34)41(56)50-43-47-27(2)29(4)58-43/h12-13,15-16,18-21,30,35,45,51H,6-11,14,17,22-25H2,1-5H3,(H,46,55)(H,48,54)(H,47,50,56)/t30?,35-/m0/s1. The zero-order chi connectivity index (χ0) is 41.2. The van der Waals surface area contributed by atoms with Crippen molar-refractivity contribution in [1.29, 1.82) is 0 Å². The first-order valence-electron chi connectivity index (χ1n) is 20.2. The Morgan fingerprint density at radius 1 is 0.828 bits per heavy atom. The summed E-state index contributed by atoms with van der Waals surface area (Å²) in [6.45, 7) is 12.3. The summed E-state index contributed by atoms with van der Waals surface area (Å²) in [7, 11) is 0. The summed E-state index contributed by atoms with van der Waals surface area (Å²) in [5.74, 6) is 0.318. The van der Waals surface area contributed by atoms with Crippen LogP contribution < -0.4 is 31.6 Å². The van der Waals surface area contributed by atoms with Crippen LogP contribution >= 0.6 is 34.3 Å². The number of aliphatic imine (C=N–C) groups is 1. The Balaban J connectivity index is 0.846. The van der Waals surface area contributed by atoms with E-state index in [-0.39, 0.29) is 30.3 Å². The number of carbonyl (C=O) groups is 3. The Morgan fingerprint density at radius 3 is 2.29 bits per heavy atom. The first-order chi connectivity index (χ1) is 28.0. The minimum absolute atomic E-state index is 0.0546. The van der Waals surface area contributed by atoms with Gasteiger partial charge in [0.15, 0.2) is 11.0 Å². The van der Waals surface area contributed by atoms with Gasteiger partial charge in [-0.2, -0.15) is 5.10 Å². The normalized spacial score (nSPS) is 15.8. The average molecular weight is 845 g/mol. The van der Waals surface area contributed by atoms with Crippen molar-refractivity contribution < 1.29 is 14.4 Å². The molecule has 12 nitrogen and oxygen atoms in total. The fourth-order valence-electron chi connectivity index (χ4n) is 7.06. The van der Waals surface area contributed by atoms with E-state index < -0.39 is 6.04 Å². The molecule has 0 fully saturated rings. The zero-order valence-electron chi connectivity index (χ0n) is 34.0. The molecule has 3 amide bonds. The van der Waals surface area contributed by atoms with Crippen molar-refractivity contribution in [2.75, 3.05) is 35.2 Å². The molecule has 0 spiro atoms. The minimum atomic E-state index is -0.446. The zero-order valence-corrected chi connectivity index (χ0v) is 36.4. The summed E-state index contributed by atoms with van der Waals surface area (Å²) in [5, 5.41) is 19.3. The molecule has 1 unspecified atom stereocenters. The first-order valence-corrected chi connectivity index (χ1v) is 22.2. The van der Waals surface area contributed by atoms with Crippen LogP contribution in [0.4, 0.5) is 15.8 Å². The number of nitrogens with zero attached hydrogens (tertiary/aromatic N) is 4. The van der Waals surface area contributed by atoms with Crippen molar-refractivity contribution >= 4 is 79.4 Å². The summed E-state index contributed by atoms with van der Waals surface area (Å²) in [6.07, 6.45) is 7.90. The van der Waals surface area contributed by atoms with Crippen LogP contribution in [-0.2, 0) is 9.59 Å². The van der Waals surface area contributed by atoms with E-state index in [4.69, 9.17) is 16.6 Å². The lowest BCUT2D eigenvalue weighted by atomic mass is 9.99. The molecule has 4 aromatic rings. The molecule has 2 aromatic carbocycles. The molecule has 0 aliphatic carbocycles. The number of carbonyl (C=O) groups excluding carboxylic acids is 3. The lowest BCUT2D eigenvalue weighted by Crippen LogP contribution is -2.43. The third kappa shape index (κ3) is 10.9. The number of nitrogens with one attached hydrogen (secondary N) is 5. The number of hydrazone groups is 1. The molecule has 2 atom stereocenters. The number of aromatic nitrogens is 1. The molecule has 2 aliphatic heterocycles. The van der Waals surface area contributed by atoms with Gasteiger partial charge in [-0.15, -0.1) is 22.7 Å². The van der Waals surface area contributed by atoms with E-state index in [2.05, 4.69) is 62.4 Å². The van der Waals surface area contributed by atoms with Crippen molar-refractivity contribution in [2.24, 2.45) is 10.1 Å². The molecule has 6 rings (SSSR count). The number of halogens is 1. The maximum atomic E-state index is 13.3. The van der Waals surface area contributed by atoms with Gasteiger partial charge >= 0.3 is 0 Å². The second kappa shape index (κ2) is 20.4. The van der Waals surface area contributed by atoms with E-state index >= 15 is 0 Å². The molecule has 0 bridgehead atoms. The molecule has 15 heteroatoms. The number of rotatable bonds is 19.